The van der Waals surface area contributed by atoms with E-state index in [0.717, 1.165) is 112 Å². The number of Topliss-reactive ketones (excluding diaryl/α,β-unsaturated/α-hetero) is 3. The van der Waals surface area contributed by atoms with Gasteiger partial charge in [0, 0.05) is 35.5 Å². The van der Waals surface area contributed by atoms with Gasteiger partial charge in [0.05, 0.1) is 21.5 Å². The molecule has 12 aliphatic carbocycles. The Morgan fingerprint density at radius 3 is 1.10 bits per heavy atom. The molecule has 0 heterocycles. The largest absolute Gasteiger partial charge is 0.573 e. The molecule has 9 N–H and O–H groups in total. The molecular formula is C69H91F5N6O13S3. The quantitative estimate of drug-likeness (QED) is 0.0511. The summed E-state index contributed by atoms with van der Waals surface area (Å²) in [4.78, 5) is 74.5. The zero-order chi connectivity index (χ0) is 70.6. The third kappa shape index (κ3) is 14.8. The van der Waals surface area contributed by atoms with Gasteiger partial charge in [-0.1, -0.05) is 24.3 Å². The highest BCUT2D eigenvalue weighted by Crippen LogP contribution is 2.66. The summed E-state index contributed by atoms with van der Waals surface area (Å²) >= 11 is 0. The molecule has 3 aromatic carbocycles. The van der Waals surface area contributed by atoms with E-state index in [0.29, 0.717) is 61.7 Å². The summed E-state index contributed by atoms with van der Waals surface area (Å²) < 4.78 is 154. The van der Waals surface area contributed by atoms with Crippen molar-refractivity contribution in [3.05, 3.63) is 83.4 Å². The Kier molecular flexibility index (Phi) is 19.6. The molecule has 96 heavy (non-hydrogen) atoms. The van der Waals surface area contributed by atoms with Gasteiger partial charge in [-0.25, -0.2) is 34.0 Å². The van der Waals surface area contributed by atoms with Crippen molar-refractivity contribution in [1.82, 2.24) is 14.2 Å². The second-order valence-corrected chi connectivity index (χ2v) is 36.7. The first-order valence-electron chi connectivity index (χ1n) is 33.3. The molecule has 3 amide bonds. The number of primary amides is 3. The molecule has 0 aliphatic heterocycles. The van der Waals surface area contributed by atoms with E-state index in [1.54, 1.807) is 26.0 Å². The number of hydrogen-bond donors (Lipinski definition) is 6. The molecule has 0 radical (unpaired) electrons. The molecule has 27 heteroatoms. The minimum absolute atomic E-state index is 0.0288. The molecule has 0 saturated heterocycles. The van der Waals surface area contributed by atoms with Gasteiger partial charge < -0.3 is 21.9 Å². The van der Waals surface area contributed by atoms with Gasteiger partial charge in [0.1, 0.15) is 22.3 Å². The van der Waals surface area contributed by atoms with Crippen molar-refractivity contribution in [1.29, 1.82) is 0 Å². The number of ether oxygens (including phenoxy) is 1. The highest BCUT2D eigenvalue weighted by molar-refractivity contribution is 7.90. The van der Waals surface area contributed by atoms with Crippen molar-refractivity contribution in [3.63, 3.8) is 0 Å². The molecule has 0 aromatic heterocycles. The number of benzene rings is 3. The van der Waals surface area contributed by atoms with Crippen molar-refractivity contribution in [3.8, 4) is 5.75 Å². The first-order valence-corrected chi connectivity index (χ1v) is 37.7. The van der Waals surface area contributed by atoms with Crippen LogP contribution in [0.1, 0.15) is 168 Å². The molecular weight excluding hydrogens is 1310 g/mol. The topological polar surface area (TPSA) is 328 Å². The van der Waals surface area contributed by atoms with Crippen molar-refractivity contribution < 1.29 is 80.7 Å². The molecule has 12 aliphatic rings. The van der Waals surface area contributed by atoms with E-state index >= 15 is 0 Å². The van der Waals surface area contributed by atoms with Crippen LogP contribution in [0.2, 0.25) is 0 Å². The van der Waals surface area contributed by atoms with Gasteiger partial charge in [0.25, 0.3) is 0 Å². The monoisotopic (exact) mass is 1400 g/mol. The summed E-state index contributed by atoms with van der Waals surface area (Å²) in [6.07, 6.45) is 8.20. The van der Waals surface area contributed by atoms with Gasteiger partial charge in [0.15, 0.2) is 22.2 Å². The highest BCUT2D eigenvalue weighted by Gasteiger charge is 2.61. The van der Waals surface area contributed by atoms with Crippen LogP contribution >= 0.6 is 0 Å². The van der Waals surface area contributed by atoms with E-state index in [2.05, 4.69) is 18.9 Å². The van der Waals surface area contributed by atoms with E-state index in [9.17, 15) is 76.0 Å². The van der Waals surface area contributed by atoms with Crippen molar-refractivity contribution in [2.45, 2.75) is 209 Å². The number of nitrogens with one attached hydrogen (secondary N) is 3. The highest BCUT2D eigenvalue weighted by atomic mass is 32.2. The Morgan fingerprint density at radius 1 is 0.469 bits per heavy atom. The summed E-state index contributed by atoms with van der Waals surface area (Å²) in [6.45, 7) is 12.6. The SMILES string of the molecule is CC(C)(NS(=O)(=O)c1c(F)cccc1F)C(=O)CC1C2CC3CC1CC(C(N)=O)(C3)C2.CC(C)(NS(=O)(=O)c1ccccc1OC(F)(F)F)C(=O)CC1C2CC3CC1CC(C(N)=O)(C3)C2.Cc1cc(C)cc(S(=O)(=O)NC(C)(C)C(=O)CC2C3CC4CC2CC(C(N)=O)(C4)C3)c1. The number of carbonyl (C=O) groups is 6. The third-order valence-corrected chi connectivity index (χ3v) is 28.6. The molecule has 3 aromatic rings. The van der Waals surface area contributed by atoms with Crippen molar-refractivity contribution in [2.75, 3.05) is 0 Å². The fourth-order valence-electron chi connectivity index (χ4n) is 19.8. The van der Waals surface area contributed by atoms with E-state index in [1.165, 1.54) is 39.8 Å². The van der Waals surface area contributed by atoms with Gasteiger partial charge in [-0.3, -0.25) is 28.8 Å². The number of halogens is 5. The molecule has 15 rings (SSSR count). The Bertz CT molecular complexity index is 3890. The molecule has 12 bridgehead atoms. The predicted molar refractivity (Wildman–Crippen MR) is 343 cm³/mol. The average Bonchev–Trinajstić information content (AvgIpc) is 0.741. The number of hydrogen-bond acceptors (Lipinski definition) is 13. The van der Waals surface area contributed by atoms with Gasteiger partial charge in [0.2, 0.25) is 47.8 Å². The first kappa shape index (κ1) is 73.0. The van der Waals surface area contributed by atoms with E-state index < -0.39 is 91.1 Å². The normalized spacial score (nSPS) is 31.8. The van der Waals surface area contributed by atoms with Gasteiger partial charge in [-0.15, -0.1) is 13.2 Å². The number of carbonyl (C=O) groups excluding carboxylic acids is 6. The predicted octanol–water partition coefficient (Wildman–Crippen LogP) is 9.69. The molecule has 6 atom stereocenters. The average molecular weight is 1400 g/mol. The molecule has 12 saturated carbocycles. The van der Waals surface area contributed by atoms with Crippen LogP contribution in [0, 0.1) is 113 Å². The number of alkyl halides is 3. The van der Waals surface area contributed by atoms with Gasteiger partial charge >= 0.3 is 6.36 Å². The fourth-order valence-corrected chi connectivity index (χ4v) is 24.4. The van der Waals surface area contributed by atoms with Crippen LogP contribution in [0.5, 0.6) is 5.75 Å². The fraction of sp³-hybridized carbons (Fsp3) is 0.652. The Balaban J connectivity index is 0.000000157. The van der Waals surface area contributed by atoms with E-state index in [4.69, 9.17) is 17.2 Å². The van der Waals surface area contributed by atoms with Crippen LogP contribution in [0.15, 0.2) is 75.4 Å². The van der Waals surface area contributed by atoms with E-state index in [-0.39, 0.29) is 99.6 Å². The second kappa shape index (κ2) is 25.8. The Morgan fingerprint density at radius 2 is 0.781 bits per heavy atom. The lowest BCUT2D eigenvalue weighted by Crippen LogP contribution is -2.57. The standard InChI is InChI=1S/C24H34N2O4S.C23H29F3N2O5S.C22H28F2N2O4S/c1-14-5-15(2)7-19(6-14)31(29,30)26-23(3,4)21(27)10-20-17-8-16-9-18(20)13-24(11-16,12-17)22(25)28;1-21(2,28-34(31,32)18-6-4-3-5-17(18)33-23(24,25)26)19(29)9-16-14-7-13-8-15(16)12-22(10-13,11-14)20(27)30;1-21(2,26-31(29,30)19-16(23)4-3-5-17(19)24)18(27)8-15-13-6-12-7-14(15)11-22(9-12,10-13)20(25)28/h5-7,16-18,20,26H,8-13H2,1-4H3,(H2,25,28);3-6,13-16,28H,7-12H2,1-2H3,(H2,27,30);3-5,12-15,26H,6-11H2,1-2H3,(H2,25,28). The Hall–Kier alpha value is -5.74. The number of sulfonamides is 3. The summed E-state index contributed by atoms with van der Waals surface area (Å²) in [5.41, 5.74) is 13.3. The zero-order valence-electron chi connectivity index (χ0n) is 55.6. The summed E-state index contributed by atoms with van der Waals surface area (Å²) in [5, 5.41) is 0. The molecule has 528 valence electrons. The third-order valence-electron chi connectivity index (χ3n) is 23.6. The van der Waals surface area contributed by atoms with Crippen LogP contribution < -0.4 is 36.1 Å². The van der Waals surface area contributed by atoms with Crippen molar-refractivity contribution in [2.24, 2.45) is 104 Å². The summed E-state index contributed by atoms with van der Waals surface area (Å²) in [5.74, 6) is -1.65. The Labute approximate surface area is 559 Å². The number of amides is 3. The summed E-state index contributed by atoms with van der Waals surface area (Å²) in [6, 6.07) is 12.3. The van der Waals surface area contributed by atoms with Crippen LogP contribution in [0.3, 0.4) is 0 Å². The number of ketones is 3. The van der Waals surface area contributed by atoms with Crippen LogP contribution in [0.25, 0.3) is 0 Å². The first-order chi connectivity index (χ1) is 44.3. The minimum Gasteiger partial charge on any atom is -0.404 e. The maximum Gasteiger partial charge on any atom is 0.573 e. The summed E-state index contributed by atoms with van der Waals surface area (Å²) in [7, 11) is -12.9. The molecule has 12 fully saturated rings. The maximum absolute atomic E-state index is 14.0. The van der Waals surface area contributed by atoms with Gasteiger partial charge in [-0.2, -0.15) is 14.2 Å². The van der Waals surface area contributed by atoms with E-state index in [1.807, 2.05) is 19.9 Å². The minimum atomic E-state index is -5.07. The lowest BCUT2D eigenvalue weighted by molar-refractivity contribution is -0.275. The molecule has 0 spiro atoms. The van der Waals surface area contributed by atoms with Crippen molar-refractivity contribution >= 4 is 65.1 Å². The molecule has 19 nitrogen and oxygen atoms in total. The number of rotatable bonds is 22. The van der Waals surface area contributed by atoms with Crippen LogP contribution in [-0.4, -0.2) is 83.3 Å². The van der Waals surface area contributed by atoms with Crippen LogP contribution in [-0.2, 0) is 58.8 Å². The maximum atomic E-state index is 14.0. The number of para-hydroxylation sites is 1. The molecule has 6 unspecified atom stereocenters. The lowest BCUT2D eigenvalue weighted by Gasteiger charge is -2.59. The zero-order valence-corrected chi connectivity index (χ0v) is 58.0. The smallest absolute Gasteiger partial charge is 0.404 e. The van der Waals surface area contributed by atoms with Gasteiger partial charge in [-0.05, 0) is 270 Å². The van der Waals surface area contributed by atoms with Crippen LogP contribution in [0.4, 0.5) is 22.0 Å². The number of nitrogens with two attached hydrogens (primary N) is 3. The lowest BCUT2D eigenvalue weighted by atomic mass is 9.45. The number of aryl methyl sites for hydroxylation is 2. The second-order valence-electron chi connectivity index (χ2n) is 31.8.